The Morgan fingerprint density at radius 3 is 2.25 bits per heavy atom. The third kappa shape index (κ3) is 5.46. The SMILES string of the molecule is CN.Cl.c1cnoc1. The normalized spacial score (nSPS) is 5.75. The fourth-order valence-corrected chi connectivity index (χ4v) is 0.176. The summed E-state index contributed by atoms with van der Waals surface area (Å²) in [6.45, 7) is 0. The van der Waals surface area contributed by atoms with Gasteiger partial charge in [0.2, 0.25) is 0 Å². The summed E-state index contributed by atoms with van der Waals surface area (Å²) in [5.41, 5.74) is 4.50. The molecule has 0 aliphatic heterocycles. The monoisotopic (exact) mass is 136 g/mol. The second-order valence-corrected chi connectivity index (χ2v) is 0.688. The van der Waals surface area contributed by atoms with Gasteiger partial charge in [-0.15, -0.1) is 12.4 Å². The predicted molar refractivity (Wildman–Crippen MR) is 33.9 cm³/mol. The first-order valence-electron chi connectivity index (χ1n) is 1.92. The van der Waals surface area contributed by atoms with Crippen molar-refractivity contribution >= 4 is 12.4 Å². The third-order valence-corrected chi connectivity index (χ3v) is 0.347. The standard InChI is InChI=1S/C3H3NO.CH5N.ClH/c1-2-4-5-3-1;1-2;/h1-3H;2H2,1H3;1H. The molecule has 0 bridgehead atoms. The van der Waals surface area contributed by atoms with Crippen LogP contribution in [0.25, 0.3) is 0 Å². The van der Waals surface area contributed by atoms with Crippen molar-refractivity contribution in [3.63, 3.8) is 0 Å². The van der Waals surface area contributed by atoms with Crippen LogP contribution in [0, 0.1) is 0 Å². The van der Waals surface area contributed by atoms with E-state index in [1.165, 1.54) is 13.3 Å². The molecular weight excluding hydrogens is 128 g/mol. The number of hydrogen-bond donors (Lipinski definition) is 1. The predicted octanol–water partition coefficient (Wildman–Crippen LogP) is 0.671. The number of halogens is 1. The quantitative estimate of drug-likeness (QED) is 0.571. The third-order valence-electron chi connectivity index (χ3n) is 0.347. The first kappa shape index (κ1) is 10.4. The summed E-state index contributed by atoms with van der Waals surface area (Å²) in [4.78, 5) is 0. The lowest BCUT2D eigenvalue weighted by atomic mass is 10.8. The van der Waals surface area contributed by atoms with Crippen molar-refractivity contribution < 1.29 is 4.52 Å². The Labute approximate surface area is 54.3 Å². The molecule has 0 saturated carbocycles. The average molecular weight is 137 g/mol. The highest BCUT2D eigenvalue weighted by Crippen LogP contribution is 1.72. The van der Waals surface area contributed by atoms with E-state index in [-0.39, 0.29) is 12.4 Å². The summed E-state index contributed by atoms with van der Waals surface area (Å²) in [6.07, 6.45) is 3.10. The number of nitrogens with zero attached hydrogens (tertiary/aromatic N) is 1. The molecule has 1 heterocycles. The van der Waals surface area contributed by atoms with Crippen molar-refractivity contribution in [3.05, 3.63) is 18.5 Å². The van der Waals surface area contributed by atoms with Crippen LogP contribution in [0.15, 0.2) is 23.0 Å². The Morgan fingerprint density at radius 2 is 2.12 bits per heavy atom. The molecule has 1 aromatic rings. The molecule has 0 aliphatic rings. The molecule has 4 heteroatoms. The van der Waals surface area contributed by atoms with Gasteiger partial charge in [-0.05, 0) is 13.1 Å². The molecule has 0 atom stereocenters. The first-order valence-corrected chi connectivity index (χ1v) is 1.92. The van der Waals surface area contributed by atoms with Crippen LogP contribution < -0.4 is 5.73 Å². The second kappa shape index (κ2) is 9.68. The summed E-state index contributed by atoms with van der Waals surface area (Å²) in [5.74, 6) is 0. The topological polar surface area (TPSA) is 52.0 Å². The molecule has 0 unspecified atom stereocenters. The maximum Gasteiger partial charge on any atom is 0.123 e. The molecule has 3 nitrogen and oxygen atoms in total. The molecule has 48 valence electrons. The Kier molecular flexibility index (Phi) is 12.6. The Bertz CT molecular complexity index is 70.5. The highest BCUT2D eigenvalue weighted by Gasteiger charge is 1.60. The molecule has 1 rings (SSSR count). The molecular formula is C4H9ClN2O. The molecule has 1 aromatic heterocycles. The number of rotatable bonds is 0. The van der Waals surface area contributed by atoms with Crippen LogP contribution in [0.3, 0.4) is 0 Å². The van der Waals surface area contributed by atoms with Crippen molar-refractivity contribution in [2.45, 2.75) is 0 Å². The second-order valence-electron chi connectivity index (χ2n) is 0.688. The Hall–Kier alpha value is -0.540. The van der Waals surface area contributed by atoms with E-state index in [9.17, 15) is 0 Å². The van der Waals surface area contributed by atoms with Crippen molar-refractivity contribution in [2.75, 3.05) is 7.05 Å². The van der Waals surface area contributed by atoms with Gasteiger partial charge in [0, 0.05) is 0 Å². The van der Waals surface area contributed by atoms with Crippen LogP contribution in [0.1, 0.15) is 0 Å². The van der Waals surface area contributed by atoms with Crippen molar-refractivity contribution in [1.82, 2.24) is 5.16 Å². The van der Waals surface area contributed by atoms with Gasteiger partial charge in [-0.2, -0.15) is 0 Å². The van der Waals surface area contributed by atoms with Gasteiger partial charge >= 0.3 is 0 Å². The molecule has 0 radical (unpaired) electrons. The summed E-state index contributed by atoms with van der Waals surface area (Å²) in [7, 11) is 1.50. The van der Waals surface area contributed by atoms with Gasteiger partial charge in [-0.1, -0.05) is 5.16 Å². The number of hydrogen-bond acceptors (Lipinski definition) is 3. The largest absolute Gasteiger partial charge is 0.365 e. The maximum atomic E-state index is 4.50. The highest BCUT2D eigenvalue weighted by atomic mass is 35.5. The maximum absolute atomic E-state index is 4.50. The van der Waals surface area contributed by atoms with E-state index in [4.69, 9.17) is 0 Å². The average Bonchev–Trinajstić information content (AvgIpc) is 2.23. The zero-order valence-electron chi connectivity index (χ0n) is 4.57. The van der Waals surface area contributed by atoms with Crippen LogP contribution in [-0.2, 0) is 0 Å². The van der Waals surface area contributed by atoms with E-state index in [2.05, 4.69) is 15.4 Å². The van der Waals surface area contributed by atoms with Crippen LogP contribution in [-0.4, -0.2) is 12.2 Å². The lowest BCUT2D eigenvalue weighted by molar-refractivity contribution is 0.420. The van der Waals surface area contributed by atoms with E-state index < -0.39 is 0 Å². The van der Waals surface area contributed by atoms with Crippen molar-refractivity contribution in [2.24, 2.45) is 5.73 Å². The summed E-state index contributed by atoms with van der Waals surface area (Å²) in [5, 5.41) is 3.35. The van der Waals surface area contributed by atoms with Gasteiger partial charge in [-0.25, -0.2) is 0 Å². The molecule has 0 saturated heterocycles. The van der Waals surface area contributed by atoms with E-state index in [0.29, 0.717) is 0 Å². The molecule has 0 amide bonds. The minimum Gasteiger partial charge on any atom is -0.365 e. The van der Waals surface area contributed by atoms with E-state index in [0.717, 1.165) is 0 Å². The summed E-state index contributed by atoms with van der Waals surface area (Å²) >= 11 is 0. The van der Waals surface area contributed by atoms with Gasteiger partial charge in [0.25, 0.3) is 0 Å². The smallest absolute Gasteiger partial charge is 0.123 e. The molecule has 0 aliphatic carbocycles. The minimum atomic E-state index is 0. The number of aromatic nitrogens is 1. The Morgan fingerprint density at radius 1 is 1.50 bits per heavy atom. The lowest BCUT2D eigenvalue weighted by Crippen LogP contribution is -1.69. The number of nitrogens with two attached hydrogens (primary N) is 1. The summed E-state index contributed by atoms with van der Waals surface area (Å²) < 4.78 is 4.33. The molecule has 2 N–H and O–H groups in total. The van der Waals surface area contributed by atoms with Crippen LogP contribution in [0.5, 0.6) is 0 Å². The molecule has 0 aromatic carbocycles. The zero-order valence-corrected chi connectivity index (χ0v) is 5.39. The fourth-order valence-electron chi connectivity index (χ4n) is 0.176. The van der Waals surface area contributed by atoms with Crippen molar-refractivity contribution in [1.29, 1.82) is 0 Å². The van der Waals surface area contributed by atoms with Crippen molar-refractivity contribution in [3.8, 4) is 0 Å². The van der Waals surface area contributed by atoms with Gasteiger partial charge < -0.3 is 10.3 Å². The van der Waals surface area contributed by atoms with Crippen LogP contribution in [0.4, 0.5) is 0 Å². The lowest BCUT2D eigenvalue weighted by Gasteiger charge is -1.48. The highest BCUT2D eigenvalue weighted by molar-refractivity contribution is 5.85. The minimum absolute atomic E-state index is 0. The van der Waals surface area contributed by atoms with E-state index in [1.54, 1.807) is 12.3 Å². The van der Waals surface area contributed by atoms with Crippen LogP contribution in [0.2, 0.25) is 0 Å². The molecule has 0 fully saturated rings. The molecule has 0 spiro atoms. The van der Waals surface area contributed by atoms with Gasteiger partial charge in [-0.3, -0.25) is 0 Å². The van der Waals surface area contributed by atoms with E-state index in [1.807, 2.05) is 0 Å². The first-order chi connectivity index (χ1) is 3.50. The van der Waals surface area contributed by atoms with Gasteiger partial charge in [0.05, 0.1) is 6.20 Å². The zero-order chi connectivity index (χ0) is 5.54. The molecule has 8 heavy (non-hydrogen) atoms. The fraction of sp³-hybridized carbons (Fsp3) is 0.250. The van der Waals surface area contributed by atoms with Crippen LogP contribution >= 0.6 is 12.4 Å². The van der Waals surface area contributed by atoms with Gasteiger partial charge in [0.1, 0.15) is 6.26 Å². The van der Waals surface area contributed by atoms with E-state index >= 15 is 0 Å². The summed E-state index contributed by atoms with van der Waals surface area (Å²) in [6, 6.07) is 1.72. The van der Waals surface area contributed by atoms with Gasteiger partial charge in [0.15, 0.2) is 0 Å². The Balaban J connectivity index is 0.